The molecule has 1 aromatic rings. The van der Waals surface area contributed by atoms with E-state index in [1.165, 1.54) is 19.2 Å². The van der Waals surface area contributed by atoms with Crippen LogP contribution in [0.2, 0.25) is 0 Å². The fraction of sp³-hybridized carbons (Fsp3) is 0.733. The summed E-state index contributed by atoms with van der Waals surface area (Å²) < 4.78 is 26.6. The summed E-state index contributed by atoms with van der Waals surface area (Å²) >= 11 is 0. The standard InChI is InChI=1S/C15H25N7O4S/c16-27(24,25)26-7-9-5-11(6-12(9)23)22-15-13(20-21-22)14(17-8-18-15)19-10-3-1-2-4-10/h8-12,20-21,23H,1-7H2,(H2,16,24,25)(H,17,18,19). The van der Waals surface area contributed by atoms with Crippen molar-refractivity contribution in [2.75, 3.05) is 22.4 Å². The van der Waals surface area contributed by atoms with Crippen molar-refractivity contribution >= 4 is 27.6 Å². The molecule has 0 amide bonds. The first-order valence-electron chi connectivity index (χ1n) is 9.18. The van der Waals surface area contributed by atoms with Gasteiger partial charge in [0.1, 0.15) is 12.0 Å². The summed E-state index contributed by atoms with van der Waals surface area (Å²) in [5.74, 6) is 1.14. The zero-order valence-electron chi connectivity index (χ0n) is 14.8. The van der Waals surface area contributed by atoms with Gasteiger partial charge in [0.05, 0.1) is 18.8 Å². The Kier molecular flexibility index (Phi) is 5.07. The Balaban J connectivity index is 1.45. The van der Waals surface area contributed by atoms with Crippen LogP contribution in [0.25, 0.3) is 0 Å². The Bertz CT molecular complexity index is 786. The van der Waals surface area contributed by atoms with Crippen molar-refractivity contribution in [3.8, 4) is 0 Å². The second-order valence-electron chi connectivity index (χ2n) is 7.38. The molecule has 27 heavy (non-hydrogen) atoms. The third-order valence-electron chi connectivity index (χ3n) is 5.50. The molecule has 2 fully saturated rings. The summed E-state index contributed by atoms with van der Waals surface area (Å²) in [6.07, 6.45) is 6.57. The average molecular weight is 399 g/mol. The summed E-state index contributed by atoms with van der Waals surface area (Å²) in [7, 11) is -4.02. The number of anilines is 3. The van der Waals surface area contributed by atoms with Crippen molar-refractivity contribution in [1.29, 1.82) is 0 Å². The highest BCUT2D eigenvalue weighted by Crippen LogP contribution is 2.39. The van der Waals surface area contributed by atoms with Crippen LogP contribution < -0.4 is 26.4 Å². The summed E-state index contributed by atoms with van der Waals surface area (Å²) in [4.78, 5) is 8.74. The molecule has 2 aliphatic carbocycles. The van der Waals surface area contributed by atoms with E-state index >= 15 is 0 Å². The summed E-state index contributed by atoms with van der Waals surface area (Å²) in [6.45, 7) is -0.136. The van der Waals surface area contributed by atoms with E-state index in [9.17, 15) is 13.5 Å². The van der Waals surface area contributed by atoms with Gasteiger partial charge in [0.25, 0.3) is 0 Å². The highest BCUT2D eigenvalue weighted by atomic mass is 32.2. The number of aliphatic hydroxyl groups is 1. The SMILES string of the molecule is NS(=O)(=O)OCC1CC(N2NNc3c(NC4CCCC4)ncnc32)CC1O. The molecule has 0 spiro atoms. The maximum atomic E-state index is 11.0. The molecule has 1 aromatic heterocycles. The smallest absolute Gasteiger partial charge is 0.333 e. The molecule has 2 heterocycles. The van der Waals surface area contributed by atoms with Crippen LogP contribution in [-0.2, 0) is 14.5 Å². The zero-order valence-corrected chi connectivity index (χ0v) is 15.7. The van der Waals surface area contributed by atoms with Gasteiger partial charge in [-0.1, -0.05) is 12.8 Å². The van der Waals surface area contributed by atoms with Crippen LogP contribution in [0.1, 0.15) is 38.5 Å². The second kappa shape index (κ2) is 7.36. The normalized spacial score (nSPS) is 28.4. The first-order valence-corrected chi connectivity index (χ1v) is 10.7. The molecule has 12 heteroatoms. The minimum atomic E-state index is -4.02. The van der Waals surface area contributed by atoms with Crippen molar-refractivity contribution in [3.05, 3.63) is 6.33 Å². The van der Waals surface area contributed by atoms with Crippen LogP contribution in [0.3, 0.4) is 0 Å². The Labute approximate surface area is 157 Å². The molecular weight excluding hydrogens is 374 g/mol. The van der Waals surface area contributed by atoms with Gasteiger partial charge < -0.3 is 10.4 Å². The third-order valence-corrected chi connectivity index (χ3v) is 5.96. The first kappa shape index (κ1) is 18.6. The second-order valence-corrected chi connectivity index (χ2v) is 8.60. The Morgan fingerprint density at radius 3 is 2.85 bits per heavy atom. The Hall–Kier alpha value is -1.73. The largest absolute Gasteiger partial charge is 0.393 e. The quantitative estimate of drug-likeness (QED) is 0.436. The number of nitrogens with two attached hydrogens (primary N) is 1. The van der Waals surface area contributed by atoms with Crippen LogP contribution >= 0.6 is 0 Å². The fourth-order valence-corrected chi connectivity index (χ4v) is 4.49. The van der Waals surface area contributed by atoms with Crippen molar-refractivity contribution < 1.29 is 17.7 Å². The van der Waals surface area contributed by atoms with Gasteiger partial charge in [-0.2, -0.15) is 8.42 Å². The lowest BCUT2D eigenvalue weighted by molar-refractivity contribution is 0.101. The average Bonchev–Trinajstić information content (AvgIpc) is 3.32. The van der Waals surface area contributed by atoms with Crippen molar-refractivity contribution in [2.45, 2.75) is 56.7 Å². The first-order chi connectivity index (χ1) is 12.9. The number of aliphatic hydroxyl groups excluding tert-OH is 1. The van der Waals surface area contributed by atoms with E-state index in [1.807, 2.05) is 5.01 Å². The summed E-state index contributed by atoms with van der Waals surface area (Å²) in [5.41, 5.74) is 6.98. The van der Waals surface area contributed by atoms with E-state index in [4.69, 9.17) is 5.14 Å². The van der Waals surface area contributed by atoms with Gasteiger partial charge >= 0.3 is 10.3 Å². The number of hydrogen-bond donors (Lipinski definition) is 5. The number of hydrazine groups is 2. The highest BCUT2D eigenvalue weighted by molar-refractivity contribution is 7.84. The molecule has 2 saturated carbocycles. The summed E-state index contributed by atoms with van der Waals surface area (Å²) in [6, 6.07) is 0.352. The van der Waals surface area contributed by atoms with E-state index in [0.29, 0.717) is 24.7 Å². The van der Waals surface area contributed by atoms with Crippen LogP contribution in [-0.4, -0.2) is 48.3 Å². The molecule has 0 saturated heterocycles. The van der Waals surface area contributed by atoms with Crippen LogP contribution in [0.5, 0.6) is 0 Å². The van der Waals surface area contributed by atoms with Crippen LogP contribution in [0.4, 0.5) is 17.3 Å². The maximum Gasteiger partial charge on any atom is 0.333 e. The van der Waals surface area contributed by atoms with Gasteiger partial charge in [-0.05, 0) is 25.7 Å². The van der Waals surface area contributed by atoms with E-state index in [2.05, 4.69) is 30.4 Å². The van der Waals surface area contributed by atoms with E-state index < -0.39 is 16.4 Å². The minimum Gasteiger partial charge on any atom is -0.393 e. The van der Waals surface area contributed by atoms with Crippen molar-refractivity contribution in [2.24, 2.45) is 11.1 Å². The Morgan fingerprint density at radius 1 is 1.33 bits per heavy atom. The molecule has 3 atom stereocenters. The van der Waals surface area contributed by atoms with E-state index in [-0.39, 0.29) is 18.6 Å². The highest BCUT2D eigenvalue weighted by Gasteiger charge is 2.40. The zero-order chi connectivity index (χ0) is 19.0. The number of nitrogens with zero attached hydrogens (tertiary/aromatic N) is 3. The van der Waals surface area contributed by atoms with Gasteiger partial charge in [-0.3, -0.25) is 14.6 Å². The van der Waals surface area contributed by atoms with Gasteiger partial charge in [-0.15, -0.1) is 5.53 Å². The lowest BCUT2D eigenvalue weighted by Crippen LogP contribution is -2.43. The summed E-state index contributed by atoms with van der Waals surface area (Å²) in [5, 5.41) is 20.5. The molecule has 150 valence electrons. The molecule has 4 rings (SSSR count). The molecule has 6 N–H and O–H groups in total. The van der Waals surface area contributed by atoms with Gasteiger partial charge in [0, 0.05) is 12.0 Å². The van der Waals surface area contributed by atoms with E-state index in [1.54, 1.807) is 0 Å². The number of hydrogen-bond acceptors (Lipinski definition) is 10. The topological polar surface area (TPSA) is 155 Å². The minimum absolute atomic E-state index is 0.0722. The molecule has 3 aliphatic rings. The number of aromatic nitrogens is 2. The van der Waals surface area contributed by atoms with E-state index in [0.717, 1.165) is 24.3 Å². The molecule has 3 unspecified atom stereocenters. The Morgan fingerprint density at radius 2 is 2.11 bits per heavy atom. The molecular formula is C15H25N7O4S. The van der Waals surface area contributed by atoms with Gasteiger partial charge in [0.2, 0.25) is 0 Å². The molecule has 0 bridgehead atoms. The predicted octanol–water partition coefficient (Wildman–Crippen LogP) is -0.158. The number of fused-ring (bicyclic) bond motifs is 1. The monoisotopic (exact) mass is 399 g/mol. The van der Waals surface area contributed by atoms with Crippen molar-refractivity contribution in [3.63, 3.8) is 0 Å². The van der Waals surface area contributed by atoms with Crippen LogP contribution in [0.15, 0.2) is 6.33 Å². The number of nitrogens with one attached hydrogen (secondary N) is 3. The molecule has 11 nitrogen and oxygen atoms in total. The fourth-order valence-electron chi connectivity index (χ4n) is 4.13. The van der Waals surface area contributed by atoms with Gasteiger partial charge in [-0.25, -0.2) is 15.1 Å². The lowest BCUT2D eigenvalue weighted by Gasteiger charge is -2.24. The van der Waals surface area contributed by atoms with Crippen LogP contribution in [0, 0.1) is 5.92 Å². The lowest BCUT2D eigenvalue weighted by atomic mass is 10.1. The van der Waals surface area contributed by atoms with Gasteiger partial charge in [0.15, 0.2) is 11.6 Å². The molecule has 1 aliphatic heterocycles. The van der Waals surface area contributed by atoms with Crippen molar-refractivity contribution in [1.82, 2.24) is 15.5 Å². The predicted molar refractivity (Wildman–Crippen MR) is 98.7 cm³/mol. The molecule has 0 aromatic carbocycles. The number of rotatable bonds is 6. The third kappa shape index (κ3) is 4.09. The molecule has 0 radical (unpaired) electrons. The maximum absolute atomic E-state index is 11.0.